The van der Waals surface area contributed by atoms with Crippen LogP contribution in [-0.2, 0) is 9.59 Å². The van der Waals surface area contributed by atoms with Crippen molar-refractivity contribution < 1.29 is 14.3 Å². The van der Waals surface area contributed by atoms with Crippen LogP contribution in [0.5, 0.6) is 5.75 Å². The average molecular weight is 332 g/mol. The van der Waals surface area contributed by atoms with Crippen LogP contribution in [0.3, 0.4) is 0 Å². The first kappa shape index (κ1) is 18.3. The molecule has 0 aliphatic carbocycles. The molecule has 1 aliphatic rings. The van der Waals surface area contributed by atoms with E-state index in [9.17, 15) is 9.59 Å². The van der Waals surface area contributed by atoms with Crippen molar-refractivity contribution in [3.8, 4) is 5.75 Å². The standard InChI is InChI=1S/C19H28N2O3/c1-14-6-7-16(12-15(14)2)24-13-17(22)20-8-10-21(11-9-20)18(23)19(3,4)5/h6-7,12H,8-11,13H2,1-5H3. The summed E-state index contributed by atoms with van der Waals surface area (Å²) in [6.45, 7) is 12.2. The first-order valence-corrected chi connectivity index (χ1v) is 8.45. The van der Waals surface area contributed by atoms with E-state index < -0.39 is 0 Å². The summed E-state index contributed by atoms with van der Waals surface area (Å²) in [5.41, 5.74) is 1.97. The third-order valence-corrected chi connectivity index (χ3v) is 4.40. The lowest BCUT2D eigenvalue weighted by Crippen LogP contribution is -2.53. The number of aryl methyl sites for hydroxylation is 2. The van der Waals surface area contributed by atoms with Crippen LogP contribution in [0.25, 0.3) is 0 Å². The van der Waals surface area contributed by atoms with Gasteiger partial charge in [0, 0.05) is 31.6 Å². The van der Waals surface area contributed by atoms with E-state index in [-0.39, 0.29) is 23.8 Å². The number of piperazine rings is 1. The summed E-state index contributed by atoms with van der Waals surface area (Å²) in [6.07, 6.45) is 0. The molecule has 1 aliphatic heterocycles. The molecule has 0 atom stereocenters. The van der Waals surface area contributed by atoms with Crippen molar-refractivity contribution >= 4 is 11.8 Å². The maximum absolute atomic E-state index is 12.3. The van der Waals surface area contributed by atoms with Gasteiger partial charge in [-0.2, -0.15) is 0 Å². The van der Waals surface area contributed by atoms with E-state index in [1.165, 1.54) is 5.56 Å². The number of ether oxygens (including phenoxy) is 1. The van der Waals surface area contributed by atoms with Crippen molar-refractivity contribution in [1.29, 1.82) is 0 Å². The predicted molar refractivity (Wildman–Crippen MR) is 94.0 cm³/mol. The number of nitrogens with zero attached hydrogens (tertiary/aromatic N) is 2. The summed E-state index contributed by atoms with van der Waals surface area (Å²) >= 11 is 0. The van der Waals surface area contributed by atoms with E-state index >= 15 is 0 Å². The van der Waals surface area contributed by atoms with E-state index in [1.54, 1.807) is 4.90 Å². The fraction of sp³-hybridized carbons (Fsp3) is 0.579. The zero-order chi connectivity index (χ0) is 17.9. The molecule has 5 heteroatoms. The molecule has 0 radical (unpaired) electrons. The molecular formula is C19H28N2O3. The van der Waals surface area contributed by atoms with E-state index in [0.29, 0.717) is 31.9 Å². The van der Waals surface area contributed by atoms with Crippen molar-refractivity contribution in [2.75, 3.05) is 32.8 Å². The van der Waals surface area contributed by atoms with E-state index in [4.69, 9.17) is 4.74 Å². The maximum atomic E-state index is 12.3. The highest BCUT2D eigenvalue weighted by atomic mass is 16.5. The molecule has 1 aromatic rings. The Morgan fingerprint density at radius 1 is 1.00 bits per heavy atom. The van der Waals surface area contributed by atoms with Gasteiger partial charge < -0.3 is 14.5 Å². The van der Waals surface area contributed by atoms with Gasteiger partial charge in [0.05, 0.1) is 0 Å². The number of hydrogen-bond acceptors (Lipinski definition) is 3. The SMILES string of the molecule is Cc1ccc(OCC(=O)N2CCN(C(=O)C(C)(C)C)CC2)cc1C. The second kappa shape index (κ2) is 7.24. The summed E-state index contributed by atoms with van der Waals surface area (Å²) in [5.74, 6) is 0.824. The van der Waals surface area contributed by atoms with Gasteiger partial charge in [-0.25, -0.2) is 0 Å². The molecule has 1 saturated heterocycles. The van der Waals surface area contributed by atoms with Crippen LogP contribution < -0.4 is 4.74 Å². The van der Waals surface area contributed by atoms with E-state index in [2.05, 4.69) is 0 Å². The van der Waals surface area contributed by atoms with Crippen molar-refractivity contribution in [2.45, 2.75) is 34.6 Å². The van der Waals surface area contributed by atoms with Crippen LogP contribution >= 0.6 is 0 Å². The average Bonchev–Trinajstić information content (AvgIpc) is 2.54. The van der Waals surface area contributed by atoms with Crippen LogP contribution in [0.2, 0.25) is 0 Å². The number of carbonyl (C=O) groups is 2. The van der Waals surface area contributed by atoms with Gasteiger partial charge in [0.1, 0.15) is 5.75 Å². The Labute approximate surface area is 144 Å². The molecule has 0 bridgehead atoms. The Morgan fingerprint density at radius 3 is 2.12 bits per heavy atom. The Hall–Kier alpha value is -2.04. The minimum Gasteiger partial charge on any atom is -0.484 e. The van der Waals surface area contributed by atoms with Gasteiger partial charge >= 0.3 is 0 Å². The molecule has 24 heavy (non-hydrogen) atoms. The van der Waals surface area contributed by atoms with Crippen LogP contribution in [-0.4, -0.2) is 54.4 Å². The van der Waals surface area contributed by atoms with Crippen molar-refractivity contribution in [3.63, 3.8) is 0 Å². The second-order valence-electron chi connectivity index (χ2n) is 7.46. The molecule has 2 rings (SSSR count). The highest BCUT2D eigenvalue weighted by molar-refractivity contribution is 5.82. The van der Waals surface area contributed by atoms with Gasteiger partial charge in [-0.1, -0.05) is 26.8 Å². The minimum absolute atomic E-state index is 0.0314. The molecular weight excluding hydrogens is 304 g/mol. The fourth-order valence-electron chi connectivity index (χ4n) is 2.67. The maximum Gasteiger partial charge on any atom is 0.260 e. The largest absolute Gasteiger partial charge is 0.484 e. The number of rotatable bonds is 3. The normalized spacial score (nSPS) is 15.4. The molecule has 0 aromatic heterocycles. The van der Waals surface area contributed by atoms with E-state index in [0.717, 1.165) is 5.56 Å². The summed E-state index contributed by atoms with van der Waals surface area (Å²) in [6, 6.07) is 5.82. The lowest BCUT2D eigenvalue weighted by atomic mass is 9.94. The number of hydrogen-bond donors (Lipinski definition) is 0. The molecule has 0 saturated carbocycles. The Bertz CT molecular complexity index is 612. The minimum atomic E-state index is -0.376. The van der Waals surface area contributed by atoms with E-state index in [1.807, 2.05) is 57.7 Å². The predicted octanol–water partition coefficient (Wildman–Crippen LogP) is 2.40. The first-order chi connectivity index (χ1) is 11.2. The zero-order valence-electron chi connectivity index (χ0n) is 15.4. The third-order valence-electron chi connectivity index (χ3n) is 4.40. The summed E-state index contributed by atoms with van der Waals surface area (Å²) in [5, 5.41) is 0. The lowest BCUT2D eigenvalue weighted by Gasteiger charge is -2.37. The number of amides is 2. The summed E-state index contributed by atoms with van der Waals surface area (Å²) in [7, 11) is 0. The van der Waals surface area contributed by atoms with Gasteiger partial charge in [-0.3, -0.25) is 9.59 Å². The van der Waals surface area contributed by atoms with Crippen LogP contribution in [0.1, 0.15) is 31.9 Å². The van der Waals surface area contributed by atoms with Gasteiger partial charge in [-0.05, 0) is 37.1 Å². The van der Waals surface area contributed by atoms with Crippen molar-refractivity contribution in [3.05, 3.63) is 29.3 Å². The monoisotopic (exact) mass is 332 g/mol. The molecule has 5 nitrogen and oxygen atoms in total. The van der Waals surface area contributed by atoms with Crippen LogP contribution in [0.15, 0.2) is 18.2 Å². The van der Waals surface area contributed by atoms with Gasteiger partial charge in [0.2, 0.25) is 5.91 Å². The first-order valence-electron chi connectivity index (χ1n) is 8.45. The molecule has 1 aromatic carbocycles. The van der Waals surface area contributed by atoms with Gasteiger partial charge in [0.15, 0.2) is 6.61 Å². The van der Waals surface area contributed by atoms with Crippen LogP contribution in [0, 0.1) is 19.3 Å². The number of benzene rings is 1. The Kier molecular flexibility index (Phi) is 5.52. The molecule has 1 heterocycles. The molecule has 132 valence electrons. The topological polar surface area (TPSA) is 49.9 Å². The molecule has 1 fully saturated rings. The Morgan fingerprint density at radius 2 is 1.58 bits per heavy atom. The lowest BCUT2D eigenvalue weighted by molar-refractivity contribution is -0.145. The van der Waals surface area contributed by atoms with Gasteiger partial charge in [0.25, 0.3) is 5.91 Å². The Balaban J connectivity index is 1.82. The number of carbonyl (C=O) groups excluding carboxylic acids is 2. The second-order valence-corrected chi connectivity index (χ2v) is 7.46. The highest BCUT2D eigenvalue weighted by Gasteiger charge is 2.30. The summed E-state index contributed by atoms with van der Waals surface area (Å²) < 4.78 is 5.61. The van der Waals surface area contributed by atoms with Crippen molar-refractivity contribution in [1.82, 2.24) is 9.80 Å². The molecule has 2 amide bonds. The smallest absolute Gasteiger partial charge is 0.260 e. The molecule has 0 spiro atoms. The highest BCUT2D eigenvalue weighted by Crippen LogP contribution is 2.19. The third kappa shape index (κ3) is 4.49. The van der Waals surface area contributed by atoms with Crippen LogP contribution in [0.4, 0.5) is 0 Å². The van der Waals surface area contributed by atoms with Gasteiger partial charge in [-0.15, -0.1) is 0 Å². The molecule has 0 N–H and O–H groups in total. The molecule has 0 unspecified atom stereocenters. The summed E-state index contributed by atoms with van der Waals surface area (Å²) in [4.78, 5) is 28.2. The quantitative estimate of drug-likeness (QED) is 0.854. The fourth-order valence-corrected chi connectivity index (χ4v) is 2.67. The van der Waals surface area contributed by atoms with Crippen molar-refractivity contribution in [2.24, 2.45) is 5.41 Å². The zero-order valence-corrected chi connectivity index (χ0v) is 15.4.